The molecular formula is C13H16N+. The number of hydrogen-bond acceptors (Lipinski definition) is 0. The van der Waals surface area contributed by atoms with E-state index < -0.39 is 0 Å². The van der Waals surface area contributed by atoms with Crippen LogP contribution in [0.15, 0.2) is 30.5 Å². The van der Waals surface area contributed by atoms with Gasteiger partial charge in [-0.25, -0.2) is 4.57 Å². The second kappa shape index (κ2) is 3.41. The third kappa shape index (κ3) is 1.29. The molecule has 1 nitrogen and oxygen atoms in total. The summed E-state index contributed by atoms with van der Waals surface area (Å²) in [4.78, 5) is 0. The smallest absolute Gasteiger partial charge is 0.188 e. The van der Waals surface area contributed by atoms with Gasteiger partial charge in [0.2, 0.25) is 0 Å². The van der Waals surface area contributed by atoms with Gasteiger partial charge in [-0.05, 0) is 23.9 Å². The molecule has 0 aliphatic carbocycles. The van der Waals surface area contributed by atoms with Crippen LogP contribution in [0.1, 0.15) is 18.2 Å². The molecular weight excluding hydrogens is 170 g/mol. The fourth-order valence-electron chi connectivity index (χ4n) is 2.06. The maximum Gasteiger partial charge on any atom is 0.188 e. The van der Waals surface area contributed by atoms with Crippen LogP contribution in [0.3, 0.4) is 0 Å². The van der Waals surface area contributed by atoms with Gasteiger partial charge in [-0.3, -0.25) is 0 Å². The van der Waals surface area contributed by atoms with E-state index in [-0.39, 0.29) is 0 Å². The molecule has 0 atom stereocenters. The average Bonchev–Trinajstić information content (AvgIpc) is 2.18. The number of aryl methyl sites for hydroxylation is 3. The molecule has 1 heterocycles. The molecule has 2 aromatic rings. The molecule has 1 heteroatoms. The molecule has 0 fully saturated rings. The van der Waals surface area contributed by atoms with Gasteiger partial charge in [0.05, 0.1) is 0 Å². The summed E-state index contributed by atoms with van der Waals surface area (Å²) >= 11 is 0. The molecule has 0 spiro atoms. The van der Waals surface area contributed by atoms with Crippen molar-refractivity contribution in [1.29, 1.82) is 0 Å². The normalized spacial score (nSPS) is 10.8. The Morgan fingerprint density at radius 1 is 1.14 bits per heavy atom. The maximum absolute atomic E-state index is 2.21. The molecule has 72 valence electrons. The lowest BCUT2D eigenvalue weighted by Gasteiger charge is -2.04. The van der Waals surface area contributed by atoms with Crippen molar-refractivity contribution in [3.05, 3.63) is 41.7 Å². The Bertz CT molecular complexity index is 472. The molecule has 14 heavy (non-hydrogen) atoms. The first-order chi connectivity index (χ1) is 6.74. The van der Waals surface area contributed by atoms with Gasteiger partial charge in [-0.2, -0.15) is 0 Å². The lowest BCUT2D eigenvalue weighted by molar-refractivity contribution is -0.677. The highest BCUT2D eigenvalue weighted by atomic mass is 14.9. The molecule has 0 unspecified atom stereocenters. The molecule has 2 rings (SSSR count). The minimum atomic E-state index is 1.08. The highest BCUT2D eigenvalue weighted by Gasteiger charge is 2.09. The van der Waals surface area contributed by atoms with E-state index in [1.807, 2.05) is 0 Å². The number of nitrogens with zero attached hydrogens (tertiary/aromatic N) is 1. The number of benzene rings is 1. The van der Waals surface area contributed by atoms with Gasteiger partial charge in [-0.15, -0.1) is 0 Å². The van der Waals surface area contributed by atoms with Gasteiger partial charge in [0.1, 0.15) is 7.05 Å². The number of aromatic nitrogens is 1. The molecule has 0 saturated heterocycles. The molecule has 0 saturated carbocycles. The van der Waals surface area contributed by atoms with Crippen LogP contribution < -0.4 is 4.57 Å². The monoisotopic (exact) mass is 186 g/mol. The number of hydrogen-bond donors (Lipinski definition) is 0. The molecule has 0 aliphatic heterocycles. The summed E-state index contributed by atoms with van der Waals surface area (Å²) in [5.74, 6) is 0. The van der Waals surface area contributed by atoms with Crippen molar-refractivity contribution in [3.63, 3.8) is 0 Å². The van der Waals surface area contributed by atoms with Crippen molar-refractivity contribution in [1.82, 2.24) is 0 Å². The minimum absolute atomic E-state index is 1.08. The quantitative estimate of drug-likeness (QED) is 0.603. The van der Waals surface area contributed by atoms with Crippen LogP contribution in [0.2, 0.25) is 0 Å². The molecule has 0 aliphatic rings. The maximum atomic E-state index is 2.21. The van der Waals surface area contributed by atoms with Crippen molar-refractivity contribution in [2.45, 2.75) is 20.3 Å². The van der Waals surface area contributed by atoms with Crippen LogP contribution in [0.5, 0.6) is 0 Å². The standard InChI is InChI=1S/C13H16N/c1-4-13-12-7-5-6-10(2)11(12)8-9-14(13)3/h5-9H,4H2,1-3H3/q+1. The van der Waals surface area contributed by atoms with E-state index in [1.54, 1.807) is 0 Å². The van der Waals surface area contributed by atoms with Gasteiger partial charge in [0.15, 0.2) is 11.9 Å². The Morgan fingerprint density at radius 3 is 2.64 bits per heavy atom. The molecule has 0 bridgehead atoms. The first kappa shape index (κ1) is 9.20. The highest BCUT2D eigenvalue weighted by molar-refractivity contribution is 5.86. The van der Waals surface area contributed by atoms with Crippen molar-refractivity contribution < 1.29 is 4.57 Å². The summed E-state index contributed by atoms with van der Waals surface area (Å²) in [6.07, 6.45) is 3.23. The molecule has 0 amide bonds. The second-order valence-corrected chi connectivity index (χ2v) is 3.76. The molecule has 0 N–H and O–H groups in total. The van der Waals surface area contributed by atoms with Gasteiger partial charge < -0.3 is 0 Å². The van der Waals surface area contributed by atoms with E-state index in [2.05, 4.69) is 55.9 Å². The summed E-state index contributed by atoms with van der Waals surface area (Å²) < 4.78 is 2.21. The minimum Gasteiger partial charge on any atom is -0.205 e. The predicted octanol–water partition coefficient (Wildman–Crippen LogP) is 2.54. The van der Waals surface area contributed by atoms with Gasteiger partial charge in [0, 0.05) is 17.9 Å². The highest BCUT2D eigenvalue weighted by Crippen LogP contribution is 2.19. The zero-order valence-corrected chi connectivity index (χ0v) is 9.04. The average molecular weight is 186 g/mol. The van der Waals surface area contributed by atoms with Crippen LogP contribution in [-0.4, -0.2) is 0 Å². The van der Waals surface area contributed by atoms with Crippen molar-refractivity contribution >= 4 is 10.8 Å². The van der Waals surface area contributed by atoms with Crippen LogP contribution in [0, 0.1) is 6.92 Å². The number of pyridine rings is 1. The van der Waals surface area contributed by atoms with Crippen molar-refractivity contribution in [3.8, 4) is 0 Å². The third-order valence-electron chi connectivity index (χ3n) is 2.86. The predicted molar refractivity (Wildman–Crippen MR) is 59.2 cm³/mol. The first-order valence-corrected chi connectivity index (χ1v) is 5.11. The van der Waals surface area contributed by atoms with Crippen molar-refractivity contribution in [2.24, 2.45) is 7.05 Å². The Hall–Kier alpha value is -1.37. The van der Waals surface area contributed by atoms with E-state index in [9.17, 15) is 0 Å². The van der Waals surface area contributed by atoms with Gasteiger partial charge in [-0.1, -0.05) is 19.1 Å². The Labute approximate surface area is 85.0 Å². The summed E-state index contributed by atoms with van der Waals surface area (Å²) in [5, 5.41) is 2.76. The van der Waals surface area contributed by atoms with E-state index >= 15 is 0 Å². The Balaban J connectivity index is 2.88. The summed E-state index contributed by atoms with van der Waals surface area (Å²) in [6, 6.07) is 8.71. The topological polar surface area (TPSA) is 3.88 Å². The van der Waals surface area contributed by atoms with E-state index in [4.69, 9.17) is 0 Å². The molecule has 1 aromatic heterocycles. The summed E-state index contributed by atoms with van der Waals surface area (Å²) in [7, 11) is 2.11. The van der Waals surface area contributed by atoms with Crippen LogP contribution in [-0.2, 0) is 13.5 Å². The van der Waals surface area contributed by atoms with Gasteiger partial charge in [0.25, 0.3) is 0 Å². The fraction of sp³-hybridized carbons (Fsp3) is 0.308. The van der Waals surface area contributed by atoms with Crippen LogP contribution in [0.25, 0.3) is 10.8 Å². The lowest BCUT2D eigenvalue weighted by Crippen LogP contribution is -2.32. The Kier molecular flexibility index (Phi) is 2.24. The second-order valence-electron chi connectivity index (χ2n) is 3.76. The summed E-state index contributed by atoms with van der Waals surface area (Å²) in [5.41, 5.74) is 2.77. The largest absolute Gasteiger partial charge is 0.205 e. The molecule has 0 radical (unpaired) electrons. The Morgan fingerprint density at radius 2 is 1.93 bits per heavy atom. The summed E-state index contributed by atoms with van der Waals surface area (Å²) in [6.45, 7) is 4.37. The lowest BCUT2D eigenvalue weighted by atomic mass is 10.0. The van der Waals surface area contributed by atoms with E-state index in [1.165, 1.54) is 22.0 Å². The zero-order chi connectivity index (χ0) is 10.1. The van der Waals surface area contributed by atoms with E-state index in [0.717, 1.165) is 6.42 Å². The first-order valence-electron chi connectivity index (χ1n) is 5.11. The molecule has 1 aromatic carbocycles. The van der Waals surface area contributed by atoms with Crippen LogP contribution in [0.4, 0.5) is 0 Å². The number of fused-ring (bicyclic) bond motifs is 1. The zero-order valence-electron chi connectivity index (χ0n) is 9.04. The van der Waals surface area contributed by atoms with E-state index in [0.29, 0.717) is 0 Å². The third-order valence-corrected chi connectivity index (χ3v) is 2.86. The number of rotatable bonds is 1. The SMILES string of the molecule is CCc1c2cccc(C)c2cc[n+]1C. The van der Waals surface area contributed by atoms with Crippen LogP contribution >= 0.6 is 0 Å². The van der Waals surface area contributed by atoms with Crippen molar-refractivity contribution in [2.75, 3.05) is 0 Å². The van der Waals surface area contributed by atoms with Gasteiger partial charge >= 0.3 is 0 Å². The fourth-order valence-corrected chi connectivity index (χ4v) is 2.06.